The summed E-state index contributed by atoms with van der Waals surface area (Å²) in [7, 11) is 0. The van der Waals surface area contributed by atoms with Crippen LogP contribution >= 0.6 is 23.1 Å². The molecular weight excluding hydrogens is 464 g/mol. The van der Waals surface area contributed by atoms with Gasteiger partial charge in [0.05, 0.1) is 24.5 Å². The van der Waals surface area contributed by atoms with E-state index in [9.17, 15) is 14.4 Å². The molecule has 0 aliphatic rings. The van der Waals surface area contributed by atoms with E-state index in [1.165, 1.54) is 17.5 Å². The van der Waals surface area contributed by atoms with Crippen LogP contribution in [0.5, 0.6) is 0 Å². The lowest BCUT2D eigenvalue weighted by atomic mass is 10.1. The largest absolute Gasteiger partial charge is 0.462 e. The second-order valence-corrected chi connectivity index (χ2v) is 8.44. The molecule has 9 nitrogen and oxygen atoms in total. The van der Waals surface area contributed by atoms with Crippen LogP contribution in [0.15, 0.2) is 47.8 Å². The molecule has 0 unspecified atom stereocenters. The molecule has 2 heterocycles. The number of nitrogens with zero attached hydrogens (tertiary/aromatic N) is 2. The molecule has 3 aromatic rings. The van der Waals surface area contributed by atoms with Crippen LogP contribution in [0.25, 0.3) is 10.4 Å². The van der Waals surface area contributed by atoms with E-state index in [4.69, 9.17) is 15.2 Å². The van der Waals surface area contributed by atoms with Gasteiger partial charge in [-0.2, -0.15) is 0 Å². The first-order valence-corrected chi connectivity index (χ1v) is 11.8. The maximum absolute atomic E-state index is 12.6. The van der Waals surface area contributed by atoms with Gasteiger partial charge in [0.15, 0.2) is 5.16 Å². The van der Waals surface area contributed by atoms with Gasteiger partial charge in [-0.1, -0.05) is 42.1 Å². The second-order valence-electron chi connectivity index (χ2n) is 6.45. The summed E-state index contributed by atoms with van der Waals surface area (Å²) < 4.78 is 10.0. The average Bonchev–Trinajstić information content (AvgIpc) is 3.22. The molecular formula is C22H22N4O5S2. The van der Waals surface area contributed by atoms with Gasteiger partial charge in [-0.25, -0.2) is 19.6 Å². The number of esters is 2. The summed E-state index contributed by atoms with van der Waals surface area (Å²) in [5, 5.41) is 3.40. The fourth-order valence-corrected chi connectivity index (χ4v) is 4.39. The van der Waals surface area contributed by atoms with Crippen molar-refractivity contribution in [1.82, 2.24) is 9.97 Å². The number of hydrogen-bond donors (Lipinski definition) is 2. The third-order valence-corrected chi connectivity index (χ3v) is 6.12. The molecule has 0 saturated heterocycles. The molecule has 0 bridgehead atoms. The van der Waals surface area contributed by atoms with Crippen molar-refractivity contribution in [3.05, 3.63) is 53.7 Å². The van der Waals surface area contributed by atoms with Crippen LogP contribution in [0.1, 0.15) is 34.6 Å². The van der Waals surface area contributed by atoms with E-state index in [1.54, 1.807) is 19.9 Å². The van der Waals surface area contributed by atoms with Crippen molar-refractivity contribution in [3.63, 3.8) is 0 Å². The zero-order valence-electron chi connectivity index (χ0n) is 18.0. The van der Waals surface area contributed by atoms with Crippen LogP contribution < -0.4 is 11.1 Å². The van der Waals surface area contributed by atoms with Gasteiger partial charge in [-0.15, -0.1) is 11.3 Å². The Morgan fingerprint density at radius 3 is 2.36 bits per heavy atom. The van der Waals surface area contributed by atoms with Crippen molar-refractivity contribution >= 4 is 51.8 Å². The number of anilines is 2. The number of nitrogen functional groups attached to an aromatic ring is 1. The zero-order valence-corrected chi connectivity index (χ0v) is 19.6. The number of rotatable bonds is 9. The molecule has 11 heteroatoms. The van der Waals surface area contributed by atoms with Crippen molar-refractivity contribution in [2.75, 3.05) is 30.0 Å². The number of aromatic nitrogens is 2. The number of ether oxygens (including phenoxy) is 2. The van der Waals surface area contributed by atoms with E-state index < -0.39 is 11.9 Å². The summed E-state index contributed by atoms with van der Waals surface area (Å²) in [5.41, 5.74) is 7.09. The van der Waals surface area contributed by atoms with Crippen molar-refractivity contribution in [1.29, 1.82) is 0 Å². The highest BCUT2D eigenvalue weighted by Crippen LogP contribution is 2.36. The third kappa shape index (κ3) is 6.30. The number of carbonyl (C=O) groups excluding carboxylic acids is 3. The molecule has 1 amide bonds. The van der Waals surface area contributed by atoms with Gasteiger partial charge in [0, 0.05) is 11.1 Å². The summed E-state index contributed by atoms with van der Waals surface area (Å²) in [6.07, 6.45) is 1.27. The van der Waals surface area contributed by atoms with Crippen LogP contribution in [0.3, 0.4) is 0 Å². The maximum Gasteiger partial charge on any atom is 0.343 e. The first kappa shape index (κ1) is 24.2. The van der Waals surface area contributed by atoms with Crippen LogP contribution in [0.4, 0.5) is 10.8 Å². The lowest BCUT2D eigenvalue weighted by Gasteiger charge is -2.07. The summed E-state index contributed by atoms with van der Waals surface area (Å²) in [5.74, 6) is -1.53. The first-order chi connectivity index (χ1) is 15.9. The molecule has 0 spiro atoms. The standard InChI is InChI=1S/C22H22N4O5S2/c1-3-30-20(28)14-10-16(13-8-6-5-7-9-13)33-19(14)25-17(27)12-32-22-24-11-15(18(23)26-22)21(29)31-4-2/h5-11H,3-4,12H2,1-2H3,(H,25,27)(H2,23,24,26). The normalized spacial score (nSPS) is 10.5. The Labute approximate surface area is 198 Å². The molecule has 3 N–H and O–H groups in total. The number of thiophene rings is 1. The highest BCUT2D eigenvalue weighted by molar-refractivity contribution is 7.99. The smallest absolute Gasteiger partial charge is 0.343 e. The average molecular weight is 487 g/mol. The molecule has 172 valence electrons. The number of amides is 1. The molecule has 0 aliphatic carbocycles. The summed E-state index contributed by atoms with van der Waals surface area (Å²) in [6, 6.07) is 11.2. The van der Waals surface area contributed by atoms with Crippen LogP contribution in [0, 0.1) is 0 Å². The summed E-state index contributed by atoms with van der Waals surface area (Å²) in [4.78, 5) is 45.7. The lowest BCUT2D eigenvalue weighted by molar-refractivity contribution is -0.113. The SMILES string of the molecule is CCOC(=O)c1cnc(SCC(=O)Nc2sc(-c3ccccc3)cc2C(=O)OCC)nc1N. The Kier molecular flexibility index (Phi) is 8.39. The monoisotopic (exact) mass is 486 g/mol. The topological polar surface area (TPSA) is 134 Å². The van der Waals surface area contributed by atoms with E-state index in [2.05, 4.69) is 15.3 Å². The first-order valence-electron chi connectivity index (χ1n) is 10.0. The molecule has 33 heavy (non-hydrogen) atoms. The number of nitrogens with one attached hydrogen (secondary N) is 1. The number of hydrogen-bond acceptors (Lipinski definition) is 10. The van der Waals surface area contributed by atoms with Gasteiger partial charge in [0.25, 0.3) is 0 Å². The van der Waals surface area contributed by atoms with E-state index in [-0.39, 0.29) is 41.4 Å². The fourth-order valence-electron chi connectivity index (χ4n) is 2.70. The Hall–Kier alpha value is -3.44. The fraction of sp³-hybridized carbons (Fsp3) is 0.227. The number of benzene rings is 1. The molecule has 0 saturated carbocycles. The Morgan fingerprint density at radius 1 is 1.06 bits per heavy atom. The second kappa shape index (κ2) is 11.4. The van der Waals surface area contributed by atoms with Gasteiger partial charge in [-0.05, 0) is 25.5 Å². The number of nitrogens with two attached hydrogens (primary N) is 1. The van der Waals surface area contributed by atoms with Crippen molar-refractivity contribution in [2.24, 2.45) is 0 Å². The third-order valence-electron chi connectivity index (χ3n) is 4.16. The Bertz CT molecular complexity index is 1150. The predicted octanol–water partition coefficient (Wildman–Crippen LogP) is 3.87. The van der Waals surface area contributed by atoms with E-state index in [1.807, 2.05) is 30.3 Å². The maximum atomic E-state index is 12.6. The summed E-state index contributed by atoms with van der Waals surface area (Å²) >= 11 is 2.33. The van der Waals surface area contributed by atoms with Gasteiger partial charge >= 0.3 is 11.9 Å². The molecule has 0 aliphatic heterocycles. The minimum Gasteiger partial charge on any atom is -0.462 e. The molecule has 3 rings (SSSR count). The molecule has 1 aromatic carbocycles. The number of thioether (sulfide) groups is 1. The Morgan fingerprint density at radius 2 is 1.73 bits per heavy atom. The highest BCUT2D eigenvalue weighted by Gasteiger charge is 2.20. The Balaban J connectivity index is 1.70. The van der Waals surface area contributed by atoms with Gasteiger partial charge in [0.1, 0.15) is 16.4 Å². The molecule has 0 atom stereocenters. The van der Waals surface area contributed by atoms with Crippen molar-refractivity contribution < 1.29 is 23.9 Å². The molecule has 0 radical (unpaired) electrons. The molecule has 2 aromatic heterocycles. The van der Waals surface area contributed by atoms with E-state index >= 15 is 0 Å². The van der Waals surface area contributed by atoms with Crippen molar-refractivity contribution in [2.45, 2.75) is 19.0 Å². The van der Waals surface area contributed by atoms with E-state index in [0.29, 0.717) is 10.6 Å². The van der Waals surface area contributed by atoms with Crippen molar-refractivity contribution in [3.8, 4) is 10.4 Å². The minimum atomic E-state index is -0.609. The van der Waals surface area contributed by atoms with Crippen LogP contribution in [0.2, 0.25) is 0 Å². The minimum absolute atomic E-state index is 0.0262. The quantitative estimate of drug-likeness (QED) is 0.263. The molecule has 0 fully saturated rings. The number of carbonyl (C=O) groups is 3. The lowest BCUT2D eigenvalue weighted by Crippen LogP contribution is -2.16. The van der Waals surface area contributed by atoms with Gasteiger partial charge in [-0.3, -0.25) is 4.79 Å². The highest BCUT2D eigenvalue weighted by atomic mass is 32.2. The summed E-state index contributed by atoms with van der Waals surface area (Å²) in [6.45, 7) is 3.83. The zero-order chi connectivity index (χ0) is 23.8. The predicted molar refractivity (Wildman–Crippen MR) is 127 cm³/mol. The van der Waals surface area contributed by atoms with Gasteiger partial charge < -0.3 is 20.5 Å². The van der Waals surface area contributed by atoms with Crippen LogP contribution in [-0.4, -0.2) is 46.8 Å². The van der Waals surface area contributed by atoms with Crippen LogP contribution in [-0.2, 0) is 14.3 Å². The van der Waals surface area contributed by atoms with E-state index in [0.717, 1.165) is 22.2 Å². The van der Waals surface area contributed by atoms with Gasteiger partial charge in [0.2, 0.25) is 5.91 Å².